The van der Waals surface area contributed by atoms with Crippen LogP contribution in [0.25, 0.3) is 112 Å². The van der Waals surface area contributed by atoms with Crippen molar-refractivity contribution in [2.75, 3.05) is 40.6 Å². The van der Waals surface area contributed by atoms with Crippen LogP contribution in [0.1, 0.15) is 34.4 Å². The Morgan fingerprint density at radius 3 is 1.68 bits per heavy atom. The van der Waals surface area contributed by atoms with Crippen molar-refractivity contribution in [1.29, 1.82) is 0 Å². The van der Waals surface area contributed by atoms with Gasteiger partial charge in [-0.1, -0.05) is 151 Å². The van der Waals surface area contributed by atoms with E-state index < -0.39 is 96.8 Å². The summed E-state index contributed by atoms with van der Waals surface area (Å²) in [6, 6.07) is 44.8. The van der Waals surface area contributed by atoms with Gasteiger partial charge in [0.25, 0.3) is 0 Å². The fourth-order valence-electron chi connectivity index (χ4n) is 12.0. The summed E-state index contributed by atoms with van der Waals surface area (Å²) in [4.78, 5) is 54.5. The number of benzene rings is 8. The SMILES string of the molecule is COC(=O)Cc1nc(-c2ccccc2Cl)[c]c(-c2ccc(CCO)nc2)c1-c1cccc(-c2ccc(C(=O)OC)c(O)c2-c2cccc(-c3ccc(C)nc3-c3cccc(-c4cccc(OC(C)=O)c4-c4cccc(-c5cccc(O)c5)c4OCC(F)(F)F)c3OCC(F)(F)F)c2OCC(F)(F)F)c1Cl. The van der Waals surface area contributed by atoms with Crippen molar-refractivity contribution in [2.24, 2.45) is 0 Å². The molecule has 0 spiro atoms. The molecule has 11 rings (SSSR count). The number of carbonyl (C=O) groups is 3. The van der Waals surface area contributed by atoms with E-state index in [1.54, 1.807) is 48.5 Å². The first-order chi connectivity index (χ1) is 50.0. The topological polar surface area (TPSA) is 206 Å². The van der Waals surface area contributed by atoms with Crippen LogP contribution in [0.2, 0.25) is 10.0 Å². The van der Waals surface area contributed by atoms with Crippen LogP contribution in [0.15, 0.2) is 182 Å². The number of aromatic nitrogens is 3. The molecule has 537 valence electrons. The summed E-state index contributed by atoms with van der Waals surface area (Å²) in [5.41, 5.74) is -0.467. The van der Waals surface area contributed by atoms with Gasteiger partial charge in [0.2, 0.25) is 0 Å². The van der Waals surface area contributed by atoms with Crippen LogP contribution in [0.3, 0.4) is 0 Å². The molecule has 0 atom stereocenters. The molecule has 0 fully saturated rings. The van der Waals surface area contributed by atoms with Gasteiger partial charge in [0.1, 0.15) is 40.1 Å². The number of hydrogen-bond donors (Lipinski definition) is 3. The third-order valence-corrected chi connectivity index (χ3v) is 17.1. The Bertz CT molecular complexity index is 5150. The summed E-state index contributed by atoms with van der Waals surface area (Å²) in [5.74, 6) is -6.03. The van der Waals surface area contributed by atoms with Crippen LogP contribution in [0.4, 0.5) is 39.5 Å². The number of nitrogens with zero attached hydrogens (tertiary/aromatic N) is 3. The molecular formula is C79H57Cl2F9N3O12. The number of halogens is 11. The molecular weight excluding hydrogens is 1420 g/mol. The lowest BCUT2D eigenvalue weighted by molar-refractivity contribution is -0.154. The number of carbonyl (C=O) groups excluding carboxylic acids is 3. The monoisotopic (exact) mass is 1480 g/mol. The van der Waals surface area contributed by atoms with E-state index in [-0.39, 0.29) is 141 Å². The molecule has 1 radical (unpaired) electrons. The molecule has 105 heavy (non-hydrogen) atoms. The lowest BCUT2D eigenvalue weighted by Crippen LogP contribution is -2.20. The number of aryl methyl sites for hydroxylation is 1. The number of phenolic OH excluding ortho intramolecular Hbond substituents is 2. The molecule has 0 aliphatic rings. The molecule has 11 aromatic rings. The second-order valence-electron chi connectivity index (χ2n) is 23.5. The molecule has 0 bridgehead atoms. The second kappa shape index (κ2) is 31.2. The normalized spacial score (nSPS) is 11.7. The van der Waals surface area contributed by atoms with Gasteiger partial charge in [-0.25, -0.2) is 4.79 Å². The van der Waals surface area contributed by atoms with E-state index in [4.69, 9.17) is 61.6 Å². The molecule has 0 saturated carbocycles. The van der Waals surface area contributed by atoms with Gasteiger partial charge in [-0.15, -0.1) is 0 Å². The number of ether oxygens (including phenoxy) is 6. The minimum absolute atomic E-state index is 0.0177. The second-order valence-corrected chi connectivity index (χ2v) is 24.3. The number of phenols is 2. The van der Waals surface area contributed by atoms with E-state index >= 15 is 13.2 Å². The fourth-order valence-corrected chi connectivity index (χ4v) is 12.5. The van der Waals surface area contributed by atoms with Crippen LogP contribution in [-0.4, -0.2) is 107 Å². The van der Waals surface area contributed by atoms with Crippen LogP contribution in [0, 0.1) is 13.0 Å². The van der Waals surface area contributed by atoms with Crippen LogP contribution < -0.4 is 18.9 Å². The number of para-hydroxylation sites is 3. The number of alkyl halides is 9. The number of methoxy groups -OCH3 is 2. The van der Waals surface area contributed by atoms with Gasteiger partial charge in [0.05, 0.1) is 42.7 Å². The standard InChI is InChI=1S/C79H57Cl2F9N3O12/c1-42-27-30-52(71(92-42)59-24-11-19-53(75(59)104-41-79(88,89)90)49-17-12-26-65(105-43(2)95)68(49)57-22-8-16-48(44-13-7-14-47(96)35-44)73(57)102-39-77(82,83)84)54-20-10-23-58(74(54)103-40-78(85,86)87)69-50(31-32-60(72(69)98)76(99)101-4)51-18-9-21-56(70(51)81)67-61(45-28-29-46(33-34-94)91-38-45)36-63(55-15-5-6-25-62(55)80)93-64(67)37-66(97)100-3/h5-32,35,38,94,96,98H,33-34,37,39-41H2,1-4H3. The fraction of sp³-hybridized carbons (Fsp3) is 0.165. The summed E-state index contributed by atoms with van der Waals surface area (Å²) >= 11 is 14.5. The summed E-state index contributed by atoms with van der Waals surface area (Å²) in [6.45, 7) is -3.60. The molecule has 0 aliphatic carbocycles. The highest BCUT2D eigenvalue weighted by Crippen LogP contribution is 2.55. The van der Waals surface area contributed by atoms with Gasteiger partial charge in [0, 0.05) is 132 Å². The van der Waals surface area contributed by atoms with Gasteiger partial charge in [-0.05, 0) is 72.1 Å². The molecule has 3 heterocycles. The molecule has 3 aromatic heterocycles. The molecule has 26 heteroatoms. The number of aromatic hydroxyl groups is 2. The van der Waals surface area contributed by atoms with E-state index in [0.29, 0.717) is 16.8 Å². The highest BCUT2D eigenvalue weighted by Gasteiger charge is 2.36. The van der Waals surface area contributed by atoms with Crippen molar-refractivity contribution in [3.8, 4) is 146 Å². The zero-order valence-electron chi connectivity index (χ0n) is 55.6. The van der Waals surface area contributed by atoms with Gasteiger partial charge >= 0.3 is 36.4 Å². The molecule has 0 unspecified atom stereocenters. The van der Waals surface area contributed by atoms with Crippen LogP contribution in [-0.2, 0) is 31.9 Å². The largest absolute Gasteiger partial charge is 0.508 e. The summed E-state index contributed by atoms with van der Waals surface area (Å²) in [7, 11) is 2.19. The number of pyridine rings is 3. The van der Waals surface area contributed by atoms with E-state index in [1.165, 1.54) is 148 Å². The van der Waals surface area contributed by atoms with Gasteiger partial charge < -0.3 is 43.7 Å². The van der Waals surface area contributed by atoms with Crippen molar-refractivity contribution in [1.82, 2.24) is 15.0 Å². The van der Waals surface area contributed by atoms with Gasteiger partial charge in [-0.2, -0.15) is 39.5 Å². The van der Waals surface area contributed by atoms with Crippen molar-refractivity contribution in [2.45, 2.75) is 45.2 Å². The van der Waals surface area contributed by atoms with Gasteiger partial charge in [0.15, 0.2) is 19.8 Å². The molecule has 8 aromatic carbocycles. The Kier molecular flexibility index (Phi) is 22.2. The predicted octanol–water partition coefficient (Wildman–Crippen LogP) is 19.2. The van der Waals surface area contributed by atoms with Crippen LogP contribution >= 0.6 is 23.2 Å². The molecule has 0 amide bonds. The Morgan fingerprint density at radius 1 is 0.524 bits per heavy atom. The summed E-state index contributed by atoms with van der Waals surface area (Å²) in [6.07, 6.45) is -13.9. The van der Waals surface area contributed by atoms with Crippen molar-refractivity contribution in [3.63, 3.8) is 0 Å². The Morgan fingerprint density at radius 2 is 1.07 bits per heavy atom. The van der Waals surface area contributed by atoms with E-state index in [0.717, 1.165) is 14.0 Å². The average molecular weight is 1480 g/mol. The Labute approximate surface area is 603 Å². The maximum atomic E-state index is 15.0. The molecule has 0 aliphatic heterocycles. The zero-order chi connectivity index (χ0) is 75.2. The lowest BCUT2D eigenvalue weighted by atomic mass is 9.86. The number of aliphatic hydroxyl groups excluding tert-OH is 1. The Hall–Kier alpha value is -11.5. The molecule has 3 N–H and O–H groups in total. The summed E-state index contributed by atoms with van der Waals surface area (Å²) in [5, 5.41) is 33.2. The molecule has 15 nitrogen and oxygen atoms in total. The van der Waals surface area contributed by atoms with Crippen molar-refractivity contribution >= 4 is 41.1 Å². The van der Waals surface area contributed by atoms with E-state index in [9.17, 15) is 56.0 Å². The third-order valence-electron chi connectivity index (χ3n) is 16.4. The first kappa shape index (κ1) is 74.7. The van der Waals surface area contributed by atoms with Crippen molar-refractivity contribution in [3.05, 3.63) is 221 Å². The summed E-state index contributed by atoms with van der Waals surface area (Å²) < 4.78 is 166. The van der Waals surface area contributed by atoms with E-state index in [1.807, 2.05) is 0 Å². The maximum absolute atomic E-state index is 15.0. The quantitative estimate of drug-likeness (QED) is 0.0328. The minimum atomic E-state index is -5.11. The minimum Gasteiger partial charge on any atom is -0.508 e. The average Bonchev–Trinajstić information content (AvgIpc) is 0.747. The van der Waals surface area contributed by atoms with Crippen molar-refractivity contribution < 1.29 is 97.6 Å². The Balaban J connectivity index is 1.17. The number of rotatable bonds is 22. The van der Waals surface area contributed by atoms with Gasteiger partial charge in [-0.3, -0.25) is 24.5 Å². The maximum Gasteiger partial charge on any atom is 0.422 e. The first-order valence-corrected chi connectivity index (χ1v) is 32.5. The number of hydrogen-bond acceptors (Lipinski definition) is 15. The highest BCUT2D eigenvalue weighted by atomic mass is 35.5. The lowest BCUT2D eigenvalue weighted by Gasteiger charge is -2.24. The predicted molar refractivity (Wildman–Crippen MR) is 375 cm³/mol. The first-order valence-electron chi connectivity index (χ1n) is 31.7. The van der Waals surface area contributed by atoms with Crippen LogP contribution in [0.5, 0.6) is 34.5 Å². The smallest absolute Gasteiger partial charge is 0.422 e. The molecule has 0 saturated heterocycles. The number of esters is 3. The highest BCUT2D eigenvalue weighted by molar-refractivity contribution is 6.37. The third kappa shape index (κ3) is 16.8. The number of aliphatic hydroxyl groups is 1. The van der Waals surface area contributed by atoms with E-state index in [2.05, 4.69) is 11.1 Å². The zero-order valence-corrected chi connectivity index (χ0v) is 57.1.